The van der Waals surface area contributed by atoms with E-state index in [-0.39, 0.29) is 22.7 Å². The van der Waals surface area contributed by atoms with Crippen molar-refractivity contribution in [2.75, 3.05) is 18.1 Å². The summed E-state index contributed by atoms with van der Waals surface area (Å²) in [6.07, 6.45) is 0. The molecule has 1 aromatic carbocycles. The van der Waals surface area contributed by atoms with Gasteiger partial charge < -0.3 is 4.74 Å². The maximum atomic E-state index is 11.5. The lowest BCUT2D eigenvalue weighted by Crippen LogP contribution is -2.17. The molecule has 0 radical (unpaired) electrons. The minimum atomic E-state index is -0.597. The summed E-state index contributed by atoms with van der Waals surface area (Å²) in [7, 11) is 0. The average molecular weight is 342 g/mol. The van der Waals surface area contributed by atoms with E-state index < -0.39 is 15.3 Å². The van der Waals surface area contributed by atoms with E-state index in [2.05, 4.69) is 0 Å². The fourth-order valence-corrected chi connectivity index (χ4v) is 2.68. The number of nitro benzene ring substituents is 2. The quantitative estimate of drug-likeness (QED) is 0.418. The van der Waals surface area contributed by atoms with Crippen molar-refractivity contribution in [3.8, 4) is 5.75 Å². The third-order valence-electron chi connectivity index (χ3n) is 3.35. The molecule has 128 valence electrons. The summed E-state index contributed by atoms with van der Waals surface area (Å²) in [5, 5.41) is 22.7. The first-order valence-electron chi connectivity index (χ1n) is 7.28. The van der Waals surface area contributed by atoms with Gasteiger partial charge in [-0.15, -0.1) is 0 Å². The summed E-state index contributed by atoms with van der Waals surface area (Å²) in [6, 6.07) is 1.39. The largest absolute Gasteiger partial charge is 0.486 e. The second-order valence-electron chi connectivity index (χ2n) is 6.06. The molecule has 0 aromatic heterocycles. The molecule has 8 heteroatoms. The summed E-state index contributed by atoms with van der Waals surface area (Å²) in [5.74, 6) is 1.77. The number of ether oxygens (including phenoxy) is 1. The molecule has 0 bridgehead atoms. The minimum absolute atomic E-state index is 0.0196. The van der Waals surface area contributed by atoms with Crippen LogP contribution in [0.5, 0.6) is 5.75 Å². The Hall–Kier alpha value is -1.83. The fraction of sp³-hybridized carbons (Fsp3) is 0.600. The molecule has 0 fully saturated rings. The van der Waals surface area contributed by atoms with Gasteiger partial charge in [-0.2, -0.15) is 11.8 Å². The highest BCUT2D eigenvalue weighted by Crippen LogP contribution is 2.44. The van der Waals surface area contributed by atoms with Gasteiger partial charge in [-0.3, -0.25) is 20.2 Å². The molecule has 0 heterocycles. The predicted octanol–water partition coefficient (Wildman–Crippen LogP) is 4.24. The van der Waals surface area contributed by atoms with Crippen LogP contribution >= 0.6 is 11.8 Å². The van der Waals surface area contributed by atoms with Gasteiger partial charge in [0.1, 0.15) is 5.56 Å². The van der Waals surface area contributed by atoms with Gasteiger partial charge in [0, 0.05) is 17.4 Å². The van der Waals surface area contributed by atoms with Crippen molar-refractivity contribution in [1.29, 1.82) is 0 Å². The van der Waals surface area contributed by atoms with Gasteiger partial charge in [0.15, 0.2) is 0 Å². The van der Waals surface area contributed by atoms with Crippen molar-refractivity contribution in [3.05, 3.63) is 37.4 Å². The molecule has 0 aliphatic heterocycles. The summed E-state index contributed by atoms with van der Waals surface area (Å²) in [6.45, 7) is 9.26. The van der Waals surface area contributed by atoms with Crippen molar-refractivity contribution in [1.82, 2.24) is 0 Å². The van der Waals surface area contributed by atoms with E-state index in [9.17, 15) is 20.2 Å². The number of rotatable bonds is 7. The molecular formula is C15H22N2O5S. The van der Waals surface area contributed by atoms with E-state index in [1.54, 1.807) is 11.8 Å². The second-order valence-corrected chi connectivity index (χ2v) is 7.45. The Kier molecular flexibility index (Phi) is 6.37. The van der Waals surface area contributed by atoms with E-state index in [4.69, 9.17) is 4.74 Å². The second kappa shape index (κ2) is 7.63. The third-order valence-corrected chi connectivity index (χ3v) is 4.21. The lowest BCUT2D eigenvalue weighted by atomic mass is 9.84. The van der Waals surface area contributed by atoms with Crippen LogP contribution in [0.25, 0.3) is 0 Å². The van der Waals surface area contributed by atoms with Crippen LogP contribution < -0.4 is 4.74 Å². The molecule has 0 amide bonds. The first kappa shape index (κ1) is 19.2. The van der Waals surface area contributed by atoms with Gasteiger partial charge >= 0.3 is 5.69 Å². The summed E-state index contributed by atoms with van der Waals surface area (Å²) in [5.41, 5.74) is -0.590. The van der Waals surface area contributed by atoms with Crippen LogP contribution in [0.15, 0.2) is 6.07 Å². The zero-order valence-electron chi connectivity index (χ0n) is 14.0. The van der Waals surface area contributed by atoms with Gasteiger partial charge in [-0.1, -0.05) is 27.7 Å². The summed E-state index contributed by atoms with van der Waals surface area (Å²) >= 11 is 1.66. The first-order valence-corrected chi connectivity index (χ1v) is 8.44. The molecule has 0 unspecified atom stereocenters. The highest BCUT2D eigenvalue weighted by molar-refractivity contribution is 7.99. The predicted molar refractivity (Wildman–Crippen MR) is 91.7 cm³/mol. The average Bonchev–Trinajstić information content (AvgIpc) is 2.41. The highest BCUT2D eigenvalue weighted by Gasteiger charge is 2.34. The van der Waals surface area contributed by atoms with Crippen LogP contribution in [0.3, 0.4) is 0 Å². The van der Waals surface area contributed by atoms with E-state index in [0.29, 0.717) is 17.9 Å². The van der Waals surface area contributed by atoms with Crippen molar-refractivity contribution in [3.63, 3.8) is 0 Å². The van der Waals surface area contributed by atoms with Gasteiger partial charge in [0.25, 0.3) is 5.69 Å². The normalized spacial score (nSPS) is 11.3. The van der Waals surface area contributed by atoms with Crippen LogP contribution in [0.1, 0.15) is 38.8 Å². The third kappa shape index (κ3) is 4.57. The number of hydrogen-bond donors (Lipinski definition) is 0. The maximum absolute atomic E-state index is 11.5. The van der Waals surface area contributed by atoms with Crippen molar-refractivity contribution in [2.24, 2.45) is 0 Å². The first-order chi connectivity index (χ1) is 10.6. The molecule has 7 nitrogen and oxygen atoms in total. The van der Waals surface area contributed by atoms with E-state index in [1.165, 1.54) is 13.0 Å². The lowest BCUT2D eigenvalue weighted by molar-refractivity contribution is -0.396. The topological polar surface area (TPSA) is 95.5 Å². The standard InChI is InChI=1S/C15H22N2O5S/c1-6-23-8-7-22-14-11(15(3,4)5)9-12(16(18)19)10(2)13(14)17(20)21/h9H,6-8H2,1-5H3. The molecule has 0 N–H and O–H groups in total. The van der Waals surface area contributed by atoms with Crippen LogP contribution in [0, 0.1) is 27.2 Å². The number of benzene rings is 1. The zero-order chi connectivity index (χ0) is 17.8. The molecule has 1 rings (SSSR count). The number of hydrogen-bond acceptors (Lipinski definition) is 6. The fourth-order valence-electron chi connectivity index (χ4n) is 2.19. The van der Waals surface area contributed by atoms with E-state index >= 15 is 0 Å². The summed E-state index contributed by atoms with van der Waals surface area (Å²) in [4.78, 5) is 21.5. The molecule has 0 aliphatic carbocycles. The molecule has 0 spiro atoms. The lowest BCUT2D eigenvalue weighted by Gasteiger charge is -2.23. The van der Waals surface area contributed by atoms with E-state index in [0.717, 1.165) is 5.75 Å². The smallest absolute Gasteiger partial charge is 0.320 e. The molecule has 0 aliphatic rings. The Labute approximate surface area is 139 Å². The molecule has 23 heavy (non-hydrogen) atoms. The molecule has 1 aromatic rings. The Balaban J connectivity index is 3.51. The van der Waals surface area contributed by atoms with Crippen molar-refractivity contribution >= 4 is 23.1 Å². The number of nitrogens with zero attached hydrogens (tertiary/aromatic N) is 2. The molecule has 0 saturated heterocycles. The SMILES string of the molecule is CCSCCOc1c(C(C)(C)C)cc([N+](=O)[O-])c(C)c1[N+](=O)[O-]. The molecule has 0 atom stereocenters. The van der Waals surface area contributed by atoms with Crippen LogP contribution in [0.4, 0.5) is 11.4 Å². The molecular weight excluding hydrogens is 320 g/mol. The minimum Gasteiger partial charge on any atom is -0.486 e. The van der Waals surface area contributed by atoms with Crippen molar-refractivity contribution in [2.45, 2.75) is 40.0 Å². The monoisotopic (exact) mass is 342 g/mol. The molecule has 0 saturated carbocycles. The van der Waals surface area contributed by atoms with Gasteiger partial charge in [-0.25, -0.2) is 0 Å². The number of thioether (sulfide) groups is 1. The zero-order valence-corrected chi connectivity index (χ0v) is 14.9. The van der Waals surface area contributed by atoms with Crippen LogP contribution in [-0.2, 0) is 5.41 Å². The Morgan fingerprint density at radius 2 is 1.83 bits per heavy atom. The van der Waals surface area contributed by atoms with Crippen LogP contribution in [0.2, 0.25) is 0 Å². The van der Waals surface area contributed by atoms with Gasteiger partial charge in [-0.05, 0) is 18.1 Å². The van der Waals surface area contributed by atoms with Gasteiger partial charge in [0.2, 0.25) is 5.75 Å². The highest BCUT2D eigenvalue weighted by atomic mass is 32.2. The summed E-state index contributed by atoms with van der Waals surface area (Å²) < 4.78 is 5.69. The Bertz CT molecular complexity index is 611. The van der Waals surface area contributed by atoms with Gasteiger partial charge in [0.05, 0.1) is 16.5 Å². The van der Waals surface area contributed by atoms with E-state index in [1.807, 2.05) is 27.7 Å². The van der Waals surface area contributed by atoms with Crippen molar-refractivity contribution < 1.29 is 14.6 Å². The Morgan fingerprint density at radius 1 is 1.22 bits per heavy atom. The maximum Gasteiger partial charge on any atom is 0.320 e. The van der Waals surface area contributed by atoms with Crippen LogP contribution in [-0.4, -0.2) is 28.0 Å². The Morgan fingerprint density at radius 3 is 2.26 bits per heavy atom. The number of nitro groups is 2.